The number of aliphatic hydroxyl groups is 1. The van der Waals surface area contributed by atoms with Crippen LogP contribution in [-0.4, -0.2) is 44.9 Å². The molecule has 0 fully saturated rings. The molecule has 2 unspecified atom stereocenters. The summed E-state index contributed by atoms with van der Waals surface area (Å²) in [7, 11) is -3.56. The van der Waals surface area contributed by atoms with Gasteiger partial charge < -0.3 is 14.6 Å². The Bertz CT molecular complexity index is 1540. The minimum Gasteiger partial charge on any atom is -0.486 e. The number of carbonyl (C=O) groups excluding carboxylic acids is 1. The van der Waals surface area contributed by atoms with E-state index in [0.29, 0.717) is 6.07 Å². The summed E-state index contributed by atoms with van der Waals surface area (Å²) in [6.45, 7) is 0.796. The van der Waals surface area contributed by atoms with Crippen LogP contribution < -0.4 is 9.04 Å². The summed E-state index contributed by atoms with van der Waals surface area (Å²) < 4.78 is 107. The summed E-state index contributed by atoms with van der Waals surface area (Å²) in [6, 6.07) is 9.87. The summed E-state index contributed by atoms with van der Waals surface area (Å²) in [5.41, 5.74) is -3.29. The van der Waals surface area contributed by atoms with Crippen LogP contribution >= 0.6 is 0 Å². The van der Waals surface area contributed by atoms with Crippen molar-refractivity contribution in [2.75, 3.05) is 18.0 Å². The predicted molar refractivity (Wildman–Crippen MR) is 134 cm³/mol. The van der Waals surface area contributed by atoms with Crippen molar-refractivity contribution < 1.29 is 49.7 Å². The van der Waals surface area contributed by atoms with Gasteiger partial charge in [-0.05, 0) is 73.9 Å². The summed E-state index contributed by atoms with van der Waals surface area (Å²) in [5.74, 6) is -2.45. The molecule has 0 aromatic heterocycles. The maximum atomic E-state index is 14.5. The molecule has 40 heavy (non-hydrogen) atoms. The van der Waals surface area contributed by atoms with E-state index in [1.165, 1.54) is 25.1 Å². The van der Waals surface area contributed by atoms with Gasteiger partial charge in [0.1, 0.15) is 23.5 Å². The van der Waals surface area contributed by atoms with Crippen LogP contribution in [0, 0.1) is 11.6 Å². The highest BCUT2D eigenvalue weighted by Gasteiger charge is 2.39. The number of nitrogens with zero attached hydrogens (tertiary/aromatic N) is 1. The first-order valence-electron chi connectivity index (χ1n) is 11.9. The first kappa shape index (κ1) is 29.3. The standard InChI is InChI=1S/C27H24F5NO6S/c1-26(35,25(34)38-2)11-10-19-15-33(40(36,37)20-5-3-4-17(13-20)27(30,31)32)23-12-16(6-9-24(23)39-19)21-14-18(28)7-8-22(21)29/h3-9,12-14,19,35H,10-11,15H2,1-2H3. The third kappa shape index (κ3) is 5.89. The number of esters is 1. The Labute approximate surface area is 226 Å². The lowest BCUT2D eigenvalue weighted by atomic mass is 9.97. The van der Waals surface area contributed by atoms with E-state index in [4.69, 9.17) is 4.74 Å². The van der Waals surface area contributed by atoms with E-state index < -0.39 is 62.5 Å². The number of methoxy groups -OCH3 is 1. The van der Waals surface area contributed by atoms with Crippen LogP contribution in [0.3, 0.4) is 0 Å². The Balaban J connectivity index is 1.79. The van der Waals surface area contributed by atoms with Gasteiger partial charge in [-0.2, -0.15) is 13.2 Å². The van der Waals surface area contributed by atoms with Gasteiger partial charge in [-0.25, -0.2) is 22.0 Å². The molecule has 13 heteroatoms. The predicted octanol–water partition coefficient (Wildman–Crippen LogP) is 5.31. The molecule has 0 amide bonds. The van der Waals surface area contributed by atoms with Crippen molar-refractivity contribution in [3.63, 3.8) is 0 Å². The minimum absolute atomic E-state index is 0.00919. The molecule has 1 heterocycles. The van der Waals surface area contributed by atoms with E-state index in [0.717, 1.165) is 47.8 Å². The van der Waals surface area contributed by atoms with Crippen molar-refractivity contribution in [3.8, 4) is 16.9 Å². The number of sulfonamides is 1. The van der Waals surface area contributed by atoms with Gasteiger partial charge in [-0.3, -0.25) is 4.31 Å². The molecule has 0 radical (unpaired) electrons. The lowest BCUT2D eigenvalue weighted by molar-refractivity contribution is -0.161. The Hall–Kier alpha value is -3.71. The van der Waals surface area contributed by atoms with Crippen molar-refractivity contribution in [2.45, 2.75) is 42.5 Å². The molecule has 2 atom stereocenters. The fourth-order valence-corrected chi connectivity index (χ4v) is 5.85. The first-order chi connectivity index (χ1) is 18.6. The number of benzene rings is 3. The van der Waals surface area contributed by atoms with Crippen LogP contribution in [-0.2, 0) is 25.7 Å². The average Bonchev–Trinajstić information content (AvgIpc) is 2.91. The number of hydrogen-bond acceptors (Lipinski definition) is 6. The molecule has 0 aliphatic carbocycles. The lowest BCUT2D eigenvalue weighted by Gasteiger charge is -2.36. The summed E-state index contributed by atoms with van der Waals surface area (Å²) in [5, 5.41) is 10.4. The first-order valence-corrected chi connectivity index (χ1v) is 13.3. The number of rotatable bonds is 7. The van der Waals surface area contributed by atoms with Crippen LogP contribution in [0.2, 0.25) is 0 Å². The number of anilines is 1. The van der Waals surface area contributed by atoms with Crippen molar-refractivity contribution in [2.24, 2.45) is 0 Å². The fourth-order valence-electron chi connectivity index (χ4n) is 4.30. The third-order valence-corrected chi connectivity index (χ3v) is 8.23. The van der Waals surface area contributed by atoms with Gasteiger partial charge in [0.2, 0.25) is 0 Å². The zero-order valence-electron chi connectivity index (χ0n) is 21.2. The molecule has 1 aliphatic rings. The molecular formula is C27H24F5NO6S. The van der Waals surface area contributed by atoms with Crippen molar-refractivity contribution in [1.29, 1.82) is 0 Å². The van der Waals surface area contributed by atoms with Crippen LogP contribution in [0.5, 0.6) is 5.75 Å². The highest BCUT2D eigenvalue weighted by Crippen LogP contribution is 2.42. The molecule has 1 N–H and O–H groups in total. The molecule has 7 nitrogen and oxygen atoms in total. The fraction of sp³-hybridized carbons (Fsp3) is 0.296. The lowest BCUT2D eigenvalue weighted by Crippen LogP contribution is -2.45. The number of carbonyl (C=O) groups is 1. The highest BCUT2D eigenvalue weighted by molar-refractivity contribution is 7.92. The third-order valence-electron chi connectivity index (χ3n) is 6.46. The molecule has 0 saturated carbocycles. The second-order valence-electron chi connectivity index (χ2n) is 9.41. The molecule has 0 spiro atoms. The maximum absolute atomic E-state index is 14.5. The quantitative estimate of drug-likeness (QED) is 0.299. The molecule has 3 aromatic carbocycles. The molecule has 0 saturated heterocycles. The molecule has 214 valence electrons. The van der Waals surface area contributed by atoms with E-state index in [9.17, 15) is 40.3 Å². The van der Waals surface area contributed by atoms with Crippen LogP contribution in [0.25, 0.3) is 11.1 Å². The maximum Gasteiger partial charge on any atom is 0.416 e. The SMILES string of the molecule is COC(=O)C(C)(O)CCC1CN(S(=O)(=O)c2cccc(C(F)(F)F)c2)c2cc(-c3cc(F)ccc3F)ccc2O1. The Morgan fingerprint density at radius 2 is 1.82 bits per heavy atom. The summed E-state index contributed by atoms with van der Waals surface area (Å²) in [6.07, 6.45) is -5.99. The largest absolute Gasteiger partial charge is 0.486 e. The zero-order valence-corrected chi connectivity index (χ0v) is 22.0. The number of fused-ring (bicyclic) bond motifs is 1. The van der Waals surface area contributed by atoms with Gasteiger partial charge in [-0.1, -0.05) is 12.1 Å². The van der Waals surface area contributed by atoms with Crippen molar-refractivity contribution in [1.82, 2.24) is 0 Å². The molecular weight excluding hydrogens is 561 g/mol. The minimum atomic E-state index is -4.81. The number of alkyl halides is 3. The topological polar surface area (TPSA) is 93.1 Å². The summed E-state index contributed by atoms with van der Waals surface area (Å²) >= 11 is 0. The van der Waals surface area contributed by atoms with Crippen LogP contribution in [0.1, 0.15) is 25.3 Å². The van der Waals surface area contributed by atoms with Gasteiger partial charge in [-0.15, -0.1) is 0 Å². The van der Waals surface area contributed by atoms with Crippen molar-refractivity contribution in [3.05, 3.63) is 77.9 Å². The average molecular weight is 586 g/mol. The zero-order chi connectivity index (χ0) is 29.5. The van der Waals surface area contributed by atoms with Crippen LogP contribution in [0.4, 0.5) is 27.6 Å². The second-order valence-corrected chi connectivity index (χ2v) is 11.3. The van der Waals surface area contributed by atoms with Gasteiger partial charge in [0.05, 0.1) is 29.8 Å². The normalized spacial score (nSPS) is 17.0. The van der Waals surface area contributed by atoms with E-state index in [2.05, 4.69) is 4.74 Å². The van der Waals surface area contributed by atoms with Gasteiger partial charge in [0.15, 0.2) is 5.60 Å². The molecule has 0 bridgehead atoms. The van der Waals surface area contributed by atoms with Crippen molar-refractivity contribution >= 4 is 21.7 Å². The molecule has 3 aromatic rings. The van der Waals surface area contributed by atoms with Gasteiger partial charge in [0.25, 0.3) is 10.0 Å². The van der Waals surface area contributed by atoms with Crippen LogP contribution in [0.15, 0.2) is 65.6 Å². The monoisotopic (exact) mass is 585 g/mol. The smallest absolute Gasteiger partial charge is 0.416 e. The molecule has 1 aliphatic heterocycles. The van der Waals surface area contributed by atoms with Gasteiger partial charge >= 0.3 is 12.1 Å². The van der Waals surface area contributed by atoms with E-state index in [-0.39, 0.29) is 35.4 Å². The Morgan fingerprint density at radius 3 is 2.50 bits per heavy atom. The van der Waals surface area contributed by atoms with E-state index in [1.54, 1.807) is 0 Å². The molecule has 4 rings (SSSR count). The number of halogens is 5. The Kier molecular flexibility index (Phi) is 7.83. The Morgan fingerprint density at radius 1 is 1.10 bits per heavy atom. The van der Waals surface area contributed by atoms with E-state index in [1.807, 2.05) is 0 Å². The van der Waals surface area contributed by atoms with Gasteiger partial charge in [0, 0.05) is 5.56 Å². The number of hydrogen-bond donors (Lipinski definition) is 1. The summed E-state index contributed by atoms with van der Waals surface area (Å²) in [4.78, 5) is 11.2. The second kappa shape index (κ2) is 10.7. The number of ether oxygens (including phenoxy) is 2. The van der Waals surface area contributed by atoms with E-state index >= 15 is 0 Å². The highest BCUT2D eigenvalue weighted by atomic mass is 32.2.